The number of rotatable bonds is 10. The number of H-pyrrole nitrogens is 2. The number of aromatic amines is 2. The van der Waals surface area contributed by atoms with Crippen molar-refractivity contribution in [2.75, 3.05) is 32.5 Å². The van der Waals surface area contributed by atoms with Gasteiger partial charge < -0.3 is 19.9 Å². The molecule has 45 heavy (non-hydrogen) atoms. The molecule has 0 unspecified atom stereocenters. The molecule has 0 saturated heterocycles. The summed E-state index contributed by atoms with van der Waals surface area (Å²) in [6.07, 6.45) is 6.88. The molecule has 7 aromatic rings. The van der Waals surface area contributed by atoms with E-state index in [1.54, 1.807) is 24.8 Å². The lowest BCUT2D eigenvalue weighted by molar-refractivity contribution is 0.305. The van der Waals surface area contributed by atoms with Crippen LogP contribution in [0.1, 0.15) is 5.56 Å². The van der Waals surface area contributed by atoms with Crippen molar-refractivity contribution in [1.29, 1.82) is 0 Å². The molecule has 5 aromatic heterocycles. The first-order valence-corrected chi connectivity index (χ1v) is 14.5. The average molecular weight is 600 g/mol. The number of imidazole rings is 1. The molecule has 0 fully saturated rings. The maximum atomic E-state index is 14.7. The van der Waals surface area contributed by atoms with Crippen molar-refractivity contribution in [3.8, 4) is 39.8 Å². The van der Waals surface area contributed by atoms with Gasteiger partial charge in [-0.15, -0.1) is 0 Å². The number of nitrogens with one attached hydrogen (secondary N) is 3. The summed E-state index contributed by atoms with van der Waals surface area (Å²) in [5, 5.41) is 11.7. The van der Waals surface area contributed by atoms with Crippen LogP contribution in [0.4, 0.5) is 10.1 Å². The SMILES string of the molecule is CN(C)CCNc1cc(F)cc(-c2nccc3[nH]c(-c4n[nH]c5cnc(-c6cncc(OCc7ccccc7)c6)cc45)nc23)c1. The van der Waals surface area contributed by atoms with Crippen LogP contribution >= 0.6 is 0 Å². The molecule has 0 bridgehead atoms. The lowest BCUT2D eigenvalue weighted by Gasteiger charge is -2.12. The molecular formula is C34H30FN9O. The van der Waals surface area contributed by atoms with Crippen LogP contribution in [-0.4, -0.2) is 67.2 Å². The van der Waals surface area contributed by atoms with E-state index in [4.69, 9.17) is 9.72 Å². The Kier molecular flexibility index (Phi) is 7.58. The smallest absolute Gasteiger partial charge is 0.159 e. The minimum atomic E-state index is -0.350. The summed E-state index contributed by atoms with van der Waals surface area (Å²) in [7, 11) is 3.99. The predicted octanol–water partition coefficient (Wildman–Crippen LogP) is 6.32. The number of benzene rings is 2. The summed E-state index contributed by atoms with van der Waals surface area (Å²) in [5.74, 6) is 0.856. The maximum Gasteiger partial charge on any atom is 0.159 e. The van der Waals surface area contributed by atoms with E-state index in [0.717, 1.165) is 39.8 Å². The van der Waals surface area contributed by atoms with Crippen LogP contribution in [0.15, 0.2) is 91.5 Å². The van der Waals surface area contributed by atoms with E-state index >= 15 is 0 Å². The molecule has 0 aliphatic rings. The largest absolute Gasteiger partial charge is 0.487 e. The van der Waals surface area contributed by atoms with Gasteiger partial charge in [0, 0.05) is 47.7 Å². The van der Waals surface area contributed by atoms with Gasteiger partial charge in [-0.25, -0.2) is 9.37 Å². The number of pyridine rings is 3. The molecule has 0 aliphatic heterocycles. The number of hydrogen-bond donors (Lipinski definition) is 3. The Balaban J connectivity index is 1.20. The highest BCUT2D eigenvalue weighted by molar-refractivity contribution is 5.97. The molecule has 0 saturated carbocycles. The van der Waals surface area contributed by atoms with Gasteiger partial charge in [0.1, 0.15) is 29.4 Å². The Bertz CT molecular complexity index is 2110. The van der Waals surface area contributed by atoms with E-state index in [-0.39, 0.29) is 5.82 Å². The second kappa shape index (κ2) is 12.1. The van der Waals surface area contributed by atoms with Gasteiger partial charge in [0.2, 0.25) is 0 Å². The van der Waals surface area contributed by atoms with Gasteiger partial charge in [-0.1, -0.05) is 30.3 Å². The number of anilines is 1. The Morgan fingerprint density at radius 3 is 2.64 bits per heavy atom. The molecule has 5 heterocycles. The van der Waals surface area contributed by atoms with Crippen LogP contribution in [-0.2, 0) is 6.61 Å². The monoisotopic (exact) mass is 599 g/mol. The molecule has 7 rings (SSSR count). The number of aromatic nitrogens is 7. The molecule has 11 heteroatoms. The zero-order valence-corrected chi connectivity index (χ0v) is 24.8. The van der Waals surface area contributed by atoms with Gasteiger partial charge >= 0.3 is 0 Å². The zero-order valence-electron chi connectivity index (χ0n) is 24.8. The van der Waals surface area contributed by atoms with Crippen molar-refractivity contribution >= 4 is 27.6 Å². The number of halogens is 1. The molecular weight excluding hydrogens is 569 g/mol. The highest BCUT2D eigenvalue weighted by Gasteiger charge is 2.18. The molecule has 0 aliphatic carbocycles. The lowest BCUT2D eigenvalue weighted by atomic mass is 10.1. The Labute approximate surface area is 258 Å². The Morgan fingerprint density at radius 1 is 0.889 bits per heavy atom. The third-order valence-corrected chi connectivity index (χ3v) is 7.39. The predicted molar refractivity (Wildman–Crippen MR) is 173 cm³/mol. The van der Waals surface area contributed by atoms with Crippen molar-refractivity contribution in [2.24, 2.45) is 0 Å². The second-order valence-electron chi connectivity index (χ2n) is 11.0. The summed E-state index contributed by atoms with van der Waals surface area (Å²) in [6.45, 7) is 1.95. The summed E-state index contributed by atoms with van der Waals surface area (Å²) in [4.78, 5) is 23.9. The van der Waals surface area contributed by atoms with E-state index in [2.05, 4.69) is 40.3 Å². The topological polar surface area (TPSA) is 121 Å². The molecule has 0 radical (unpaired) electrons. The van der Waals surface area contributed by atoms with E-state index in [9.17, 15) is 4.39 Å². The number of ether oxygens (including phenoxy) is 1. The third kappa shape index (κ3) is 6.06. The van der Waals surface area contributed by atoms with Crippen molar-refractivity contribution < 1.29 is 9.13 Å². The van der Waals surface area contributed by atoms with Crippen molar-refractivity contribution in [3.63, 3.8) is 0 Å². The normalized spacial score (nSPS) is 11.5. The average Bonchev–Trinajstić information content (AvgIpc) is 3.68. The number of likely N-dealkylation sites (N-methyl/N-ethyl adjacent to an activating group) is 1. The molecule has 0 atom stereocenters. The first-order chi connectivity index (χ1) is 22.0. The van der Waals surface area contributed by atoms with E-state index in [1.807, 2.05) is 68.7 Å². The minimum absolute atomic E-state index is 0.350. The fourth-order valence-corrected chi connectivity index (χ4v) is 5.14. The number of fused-ring (bicyclic) bond motifs is 2. The van der Waals surface area contributed by atoms with Crippen LogP contribution < -0.4 is 10.1 Å². The molecule has 224 valence electrons. The third-order valence-electron chi connectivity index (χ3n) is 7.39. The molecule has 3 N–H and O–H groups in total. The van der Waals surface area contributed by atoms with Crippen LogP contribution in [0.3, 0.4) is 0 Å². The van der Waals surface area contributed by atoms with Crippen LogP contribution in [0.2, 0.25) is 0 Å². The first-order valence-electron chi connectivity index (χ1n) is 14.5. The van der Waals surface area contributed by atoms with Gasteiger partial charge in [-0.3, -0.25) is 20.1 Å². The second-order valence-corrected chi connectivity index (χ2v) is 11.0. The van der Waals surface area contributed by atoms with E-state index < -0.39 is 0 Å². The van der Waals surface area contributed by atoms with E-state index in [0.29, 0.717) is 52.9 Å². The van der Waals surface area contributed by atoms with E-state index in [1.165, 1.54) is 12.1 Å². The fourth-order valence-electron chi connectivity index (χ4n) is 5.14. The first kappa shape index (κ1) is 28.1. The molecule has 10 nitrogen and oxygen atoms in total. The van der Waals surface area contributed by atoms with Gasteiger partial charge in [0.15, 0.2) is 5.82 Å². The summed E-state index contributed by atoms with van der Waals surface area (Å²) < 4.78 is 20.7. The van der Waals surface area contributed by atoms with Gasteiger partial charge in [-0.05, 0) is 56.1 Å². The summed E-state index contributed by atoms with van der Waals surface area (Å²) in [6, 6.07) is 20.6. The summed E-state index contributed by atoms with van der Waals surface area (Å²) >= 11 is 0. The highest BCUT2D eigenvalue weighted by Crippen LogP contribution is 2.33. The molecule has 2 aromatic carbocycles. The summed E-state index contributed by atoms with van der Waals surface area (Å²) in [5.41, 5.74) is 7.27. The van der Waals surface area contributed by atoms with Crippen LogP contribution in [0.5, 0.6) is 5.75 Å². The number of nitrogens with zero attached hydrogens (tertiary/aromatic N) is 6. The zero-order chi connectivity index (χ0) is 30.8. The highest BCUT2D eigenvalue weighted by atomic mass is 19.1. The standard InChI is InChI=1S/C34H30FN9O/c1-44(2)11-10-37-25-13-22(12-24(35)15-25)31-33-28(8-9-38-31)40-34(41-33)32-27-16-29(39-19-30(27)42-43-32)23-14-26(18-36-17-23)45-20-21-6-4-3-5-7-21/h3-9,12-19,37H,10-11,20H2,1-2H3,(H,40,41)(H,42,43). The lowest BCUT2D eigenvalue weighted by Crippen LogP contribution is -2.20. The Morgan fingerprint density at radius 2 is 1.78 bits per heavy atom. The van der Waals surface area contributed by atoms with Crippen LogP contribution in [0.25, 0.3) is 56.0 Å². The molecule has 0 spiro atoms. The van der Waals surface area contributed by atoms with Crippen molar-refractivity contribution in [3.05, 3.63) is 103 Å². The number of hydrogen-bond acceptors (Lipinski definition) is 8. The quantitative estimate of drug-likeness (QED) is 0.167. The minimum Gasteiger partial charge on any atom is -0.487 e. The van der Waals surface area contributed by atoms with Crippen molar-refractivity contribution in [1.82, 2.24) is 40.0 Å². The van der Waals surface area contributed by atoms with Gasteiger partial charge in [-0.2, -0.15) is 5.10 Å². The fraction of sp³-hybridized carbons (Fsp3) is 0.147. The van der Waals surface area contributed by atoms with Gasteiger partial charge in [0.05, 0.1) is 34.8 Å². The maximum absolute atomic E-state index is 14.7. The van der Waals surface area contributed by atoms with Crippen LogP contribution in [0, 0.1) is 5.82 Å². The molecule has 0 amide bonds. The van der Waals surface area contributed by atoms with Crippen molar-refractivity contribution in [2.45, 2.75) is 6.61 Å². The van der Waals surface area contributed by atoms with Gasteiger partial charge in [0.25, 0.3) is 0 Å². The Hall–Kier alpha value is -5.68.